The summed E-state index contributed by atoms with van der Waals surface area (Å²) in [4.78, 5) is 14.9. The Kier molecular flexibility index (Phi) is 6.06. The number of ether oxygens (including phenoxy) is 2. The van der Waals surface area contributed by atoms with Crippen LogP contribution in [0, 0.1) is 0 Å². The lowest BCUT2D eigenvalue weighted by atomic mass is 10.1. The molecule has 5 nitrogen and oxygen atoms in total. The highest BCUT2D eigenvalue weighted by Gasteiger charge is 2.24. The van der Waals surface area contributed by atoms with E-state index in [1.54, 1.807) is 37.3 Å². The molecule has 0 radical (unpaired) electrons. The van der Waals surface area contributed by atoms with Crippen molar-refractivity contribution in [1.29, 1.82) is 0 Å². The molecule has 0 saturated heterocycles. The summed E-state index contributed by atoms with van der Waals surface area (Å²) < 4.78 is 10.6. The molecule has 2 aromatic rings. The van der Waals surface area contributed by atoms with E-state index >= 15 is 0 Å². The van der Waals surface area contributed by atoms with Gasteiger partial charge in [-0.15, -0.1) is 12.4 Å². The average molecular weight is 349 g/mol. The van der Waals surface area contributed by atoms with Crippen molar-refractivity contribution in [1.82, 2.24) is 5.32 Å². The number of anilines is 1. The summed E-state index contributed by atoms with van der Waals surface area (Å²) in [5, 5.41) is 3.34. The van der Waals surface area contributed by atoms with Crippen LogP contribution in [0.25, 0.3) is 0 Å². The number of rotatable bonds is 3. The zero-order valence-electron chi connectivity index (χ0n) is 13.7. The number of nitrogens with zero attached hydrogens (tertiary/aromatic N) is 1. The third kappa shape index (κ3) is 3.47. The van der Waals surface area contributed by atoms with E-state index in [0.717, 1.165) is 24.3 Å². The van der Waals surface area contributed by atoms with Crippen LogP contribution in [0.4, 0.5) is 5.69 Å². The number of hydrogen-bond donors (Lipinski definition) is 1. The van der Waals surface area contributed by atoms with E-state index in [2.05, 4.69) is 5.32 Å². The van der Waals surface area contributed by atoms with E-state index in [4.69, 9.17) is 9.47 Å². The van der Waals surface area contributed by atoms with Gasteiger partial charge in [-0.25, -0.2) is 0 Å². The van der Waals surface area contributed by atoms with E-state index in [-0.39, 0.29) is 18.3 Å². The quantitative estimate of drug-likeness (QED) is 0.926. The van der Waals surface area contributed by atoms with Gasteiger partial charge in [0, 0.05) is 31.4 Å². The van der Waals surface area contributed by atoms with Crippen LogP contribution in [-0.4, -0.2) is 33.2 Å². The average Bonchev–Trinajstić information content (AvgIpc) is 2.83. The maximum Gasteiger partial charge on any atom is 0.262 e. The van der Waals surface area contributed by atoms with Gasteiger partial charge in [0.2, 0.25) is 0 Å². The van der Waals surface area contributed by atoms with Gasteiger partial charge < -0.3 is 19.7 Å². The summed E-state index contributed by atoms with van der Waals surface area (Å²) in [6.45, 7) is 2.13. The molecule has 0 aliphatic carbocycles. The van der Waals surface area contributed by atoms with Crippen LogP contribution in [0.2, 0.25) is 0 Å². The molecule has 1 N–H and O–H groups in total. The minimum Gasteiger partial charge on any atom is -0.497 e. The van der Waals surface area contributed by atoms with Gasteiger partial charge in [0.05, 0.1) is 19.8 Å². The van der Waals surface area contributed by atoms with Gasteiger partial charge in [-0.3, -0.25) is 4.79 Å². The number of methoxy groups -OCH3 is 2. The summed E-state index contributed by atoms with van der Waals surface area (Å²) in [5.74, 6) is 1.11. The van der Waals surface area contributed by atoms with Gasteiger partial charge in [0.25, 0.3) is 5.91 Å². The lowest BCUT2D eigenvalue weighted by Crippen LogP contribution is -2.35. The van der Waals surface area contributed by atoms with Crippen LogP contribution in [0.5, 0.6) is 11.5 Å². The highest BCUT2D eigenvalue weighted by molar-refractivity contribution is 6.08. The Bertz CT molecular complexity index is 721. The van der Waals surface area contributed by atoms with Gasteiger partial charge >= 0.3 is 0 Å². The molecule has 0 saturated carbocycles. The smallest absolute Gasteiger partial charge is 0.262 e. The fourth-order valence-corrected chi connectivity index (χ4v) is 2.79. The molecule has 128 valence electrons. The number of para-hydroxylation sites is 1. The van der Waals surface area contributed by atoms with Gasteiger partial charge in [-0.1, -0.05) is 18.2 Å². The van der Waals surface area contributed by atoms with Gasteiger partial charge in [-0.05, 0) is 23.8 Å². The molecular formula is C18H21ClN2O3. The first-order valence-corrected chi connectivity index (χ1v) is 7.57. The first-order valence-electron chi connectivity index (χ1n) is 7.57. The van der Waals surface area contributed by atoms with Gasteiger partial charge in [-0.2, -0.15) is 0 Å². The Labute approximate surface area is 148 Å². The first kappa shape index (κ1) is 18.1. The van der Waals surface area contributed by atoms with Crippen molar-refractivity contribution in [2.24, 2.45) is 0 Å². The number of carbonyl (C=O) groups excluding carboxylic acids is 1. The number of amides is 1. The molecule has 6 heteroatoms. The summed E-state index contributed by atoms with van der Waals surface area (Å²) >= 11 is 0. The molecule has 24 heavy (non-hydrogen) atoms. The highest BCUT2D eigenvalue weighted by atomic mass is 35.5. The SMILES string of the molecule is COc1ccc(C(=O)N2CCNCc3ccccc32)c(OC)c1.Cl. The van der Waals surface area contributed by atoms with E-state index in [1.165, 1.54) is 0 Å². The van der Waals surface area contributed by atoms with Crippen LogP contribution >= 0.6 is 12.4 Å². The van der Waals surface area contributed by atoms with Crippen LogP contribution in [0.1, 0.15) is 15.9 Å². The Hall–Kier alpha value is -2.24. The van der Waals surface area contributed by atoms with E-state index in [1.807, 2.05) is 24.3 Å². The number of hydrogen-bond acceptors (Lipinski definition) is 4. The standard InChI is InChI=1S/C18H20N2O3.ClH/c1-22-14-7-8-15(17(11-14)23-2)18(21)20-10-9-19-12-13-5-3-4-6-16(13)20;/h3-8,11,19H,9-10,12H2,1-2H3;1H. The minimum absolute atomic E-state index is 0. The van der Waals surface area contributed by atoms with Gasteiger partial charge in [0.1, 0.15) is 11.5 Å². The Balaban J connectivity index is 0.00000208. The van der Waals surface area contributed by atoms with Crippen molar-refractivity contribution in [3.05, 3.63) is 53.6 Å². The second-order valence-corrected chi connectivity index (χ2v) is 5.33. The van der Waals surface area contributed by atoms with Crippen molar-refractivity contribution >= 4 is 24.0 Å². The monoisotopic (exact) mass is 348 g/mol. The Morgan fingerprint density at radius 3 is 2.67 bits per heavy atom. The number of benzene rings is 2. The largest absolute Gasteiger partial charge is 0.497 e. The van der Waals surface area contributed by atoms with Crippen molar-refractivity contribution in [2.75, 3.05) is 32.2 Å². The topological polar surface area (TPSA) is 50.8 Å². The molecule has 0 atom stereocenters. The first-order chi connectivity index (χ1) is 11.2. The predicted molar refractivity (Wildman–Crippen MR) is 96.6 cm³/mol. The fourth-order valence-electron chi connectivity index (χ4n) is 2.79. The third-order valence-corrected chi connectivity index (χ3v) is 3.99. The molecule has 1 heterocycles. The summed E-state index contributed by atoms with van der Waals surface area (Å²) in [5.41, 5.74) is 2.59. The number of nitrogens with one attached hydrogen (secondary N) is 1. The molecule has 1 aliphatic rings. The Morgan fingerprint density at radius 2 is 1.92 bits per heavy atom. The van der Waals surface area contributed by atoms with E-state index in [0.29, 0.717) is 23.6 Å². The number of halogens is 1. The predicted octanol–water partition coefficient (Wildman–Crippen LogP) is 2.88. The van der Waals surface area contributed by atoms with E-state index < -0.39 is 0 Å². The molecule has 1 amide bonds. The normalized spacial score (nSPS) is 13.3. The summed E-state index contributed by atoms with van der Waals surface area (Å²) in [6.07, 6.45) is 0. The van der Waals surface area contributed by atoms with Crippen molar-refractivity contribution in [3.63, 3.8) is 0 Å². The molecule has 0 unspecified atom stereocenters. The fraction of sp³-hybridized carbons (Fsp3) is 0.278. The van der Waals surface area contributed by atoms with Crippen LogP contribution in [0.15, 0.2) is 42.5 Å². The molecule has 0 aromatic heterocycles. The molecule has 0 fully saturated rings. The Morgan fingerprint density at radius 1 is 1.12 bits per heavy atom. The second-order valence-electron chi connectivity index (χ2n) is 5.33. The number of fused-ring (bicyclic) bond motifs is 1. The maximum absolute atomic E-state index is 13.1. The zero-order valence-corrected chi connectivity index (χ0v) is 14.6. The van der Waals surface area contributed by atoms with Crippen molar-refractivity contribution in [2.45, 2.75) is 6.54 Å². The van der Waals surface area contributed by atoms with Crippen molar-refractivity contribution < 1.29 is 14.3 Å². The molecule has 2 aromatic carbocycles. The lowest BCUT2D eigenvalue weighted by molar-refractivity contribution is 0.0984. The minimum atomic E-state index is -0.0688. The number of carbonyl (C=O) groups is 1. The maximum atomic E-state index is 13.1. The van der Waals surface area contributed by atoms with Crippen LogP contribution < -0.4 is 19.7 Å². The summed E-state index contributed by atoms with van der Waals surface area (Å²) in [7, 11) is 3.15. The molecular weight excluding hydrogens is 328 g/mol. The van der Waals surface area contributed by atoms with E-state index in [9.17, 15) is 4.79 Å². The second kappa shape index (κ2) is 8.04. The van der Waals surface area contributed by atoms with Crippen LogP contribution in [-0.2, 0) is 6.54 Å². The van der Waals surface area contributed by atoms with Crippen molar-refractivity contribution in [3.8, 4) is 11.5 Å². The highest BCUT2D eigenvalue weighted by Crippen LogP contribution is 2.29. The zero-order chi connectivity index (χ0) is 16.2. The lowest BCUT2D eigenvalue weighted by Gasteiger charge is -2.23. The summed E-state index contributed by atoms with van der Waals surface area (Å²) in [6, 6.07) is 13.2. The molecule has 1 aliphatic heterocycles. The molecule has 3 rings (SSSR count). The van der Waals surface area contributed by atoms with Crippen LogP contribution in [0.3, 0.4) is 0 Å². The molecule has 0 bridgehead atoms. The third-order valence-electron chi connectivity index (χ3n) is 3.99. The molecule has 0 spiro atoms. The van der Waals surface area contributed by atoms with Gasteiger partial charge in [0.15, 0.2) is 0 Å².